The standard InChI is InChI=1S/C10H17N3O/c1-7(2)6-14-10-8(11)4-5-9(12-3)13-10/h4-5,7H,6,11H2,1-3H3,(H,12,13). The lowest BCUT2D eigenvalue weighted by Crippen LogP contribution is -2.08. The van der Waals surface area contributed by atoms with Crippen molar-refractivity contribution in [1.82, 2.24) is 4.98 Å². The smallest absolute Gasteiger partial charge is 0.239 e. The molecule has 0 saturated carbocycles. The van der Waals surface area contributed by atoms with E-state index in [0.29, 0.717) is 24.1 Å². The first-order valence-electron chi connectivity index (χ1n) is 4.70. The highest BCUT2D eigenvalue weighted by Crippen LogP contribution is 2.20. The maximum Gasteiger partial charge on any atom is 0.239 e. The zero-order valence-corrected chi connectivity index (χ0v) is 8.87. The number of anilines is 2. The molecule has 0 spiro atoms. The number of aromatic nitrogens is 1. The number of rotatable bonds is 4. The lowest BCUT2D eigenvalue weighted by atomic mass is 10.2. The summed E-state index contributed by atoms with van der Waals surface area (Å²) in [5.41, 5.74) is 6.29. The van der Waals surface area contributed by atoms with Crippen LogP contribution in [0.25, 0.3) is 0 Å². The Morgan fingerprint density at radius 1 is 1.50 bits per heavy atom. The first kappa shape index (κ1) is 10.6. The molecule has 1 aromatic heterocycles. The molecule has 3 N–H and O–H groups in total. The number of hydrogen-bond donors (Lipinski definition) is 2. The molecular formula is C10H17N3O. The molecule has 0 atom stereocenters. The summed E-state index contributed by atoms with van der Waals surface area (Å²) in [7, 11) is 1.81. The zero-order chi connectivity index (χ0) is 10.6. The van der Waals surface area contributed by atoms with E-state index in [4.69, 9.17) is 10.5 Å². The van der Waals surface area contributed by atoms with Gasteiger partial charge in [-0.25, -0.2) is 0 Å². The van der Waals surface area contributed by atoms with Crippen LogP contribution in [-0.2, 0) is 0 Å². The fraction of sp³-hybridized carbons (Fsp3) is 0.500. The average Bonchev–Trinajstić information content (AvgIpc) is 2.16. The van der Waals surface area contributed by atoms with Gasteiger partial charge in [0.05, 0.1) is 12.3 Å². The molecule has 0 unspecified atom stereocenters. The summed E-state index contributed by atoms with van der Waals surface area (Å²) >= 11 is 0. The van der Waals surface area contributed by atoms with E-state index in [1.54, 1.807) is 6.07 Å². The number of hydrogen-bond acceptors (Lipinski definition) is 4. The molecule has 78 valence electrons. The van der Waals surface area contributed by atoms with Gasteiger partial charge in [-0.1, -0.05) is 13.8 Å². The van der Waals surface area contributed by atoms with Gasteiger partial charge in [-0.15, -0.1) is 0 Å². The minimum absolute atomic E-state index is 0.467. The third-order valence-corrected chi connectivity index (χ3v) is 1.70. The van der Waals surface area contributed by atoms with Crippen molar-refractivity contribution in [1.29, 1.82) is 0 Å². The van der Waals surface area contributed by atoms with Crippen LogP contribution in [-0.4, -0.2) is 18.6 Å². The van der Waals surface area contributed by atoms with E-state index in [-0.39, 0.29) is 0 Å². The average molecular weight is 195 g/mol. The Kier molecular flexibility index (Phi) is 3.56. The maximum absolute atomic E-state index is 5.72. The largest absolute Gasteiger partial charge is 0.476 e. The van der Waals surface area contributed by atoms with Crippen molar-refractivity contribution in [3.63, 3.8) is 0 Å². The SMILES string of the molecule is CNc1ccc(N)c(OCC(C)C)n1. The van der Waals surface area contributed by atoms with Crippen LogP contribution in [0.15, 0.2) is 12.1 Å². The second kappa shape index (κ2) is 4.69. The third kappa shape index (κ3) is 2.80. The minimum atomic E-state index is 0.467. The van der Waals surface area contributed by atoms with E-state index >= 15 is 0 Å². The Morgan fingerprint density at radius 3 is 2.79 bits per heavy atom. The van der Waals surface area contributed by atoms with Gasteiger partial charge in [0, 0.05) is 7.05 Å². The molecule has 0 aromatic carbocycles. The van der Waals surface area contributed by atoms with Crippen molar-refractivity contribution in [2.45, 2.75) is 13.8 Å². The van der Waals surface area contributed by atoms with Crippen LogP contribution in [0.2, 0.25) is 0 Å². The number of ether oxygens (including phenoxy) is 1. The van der Waals surface area contributed by atoms with Crippen LogP contribution < -0.4 is 15.8 Å². The van der Waals surface area contributed by atoms with Gasteiger partial charge in [0.2, 0.25) is 5.88 Å². The highest BCUT2D eigenvalue weighted by molar-refractivity contribution is 5.53. The van der Waals surface area contributed by atoms with E-state index in [2.05, 4.69) is 24.1 Å². The summed E-state index contributed by atoms with van der Waals surface area (Å²) < 4.78 is 5.46. The first-order chi connectivity index (χ1) is 6.63. The predicted octanol–water partition coefficient (Wildman–Crippen LogP) is 1.74. The zero-order valence-electron chi connectivity index (χ0n) is 8.87. The molecule has 4 heteroatoms. The molecule has 1 rings (SSSR count). The summed E-state index contributed by atoms with van der Waals surface area (Å²) in [5.74, 6) is 1.73. The predicted molar refractivity (Wildman–Crippen MR) is 58.5 cm³/mol. The van der Waals surface area contributed by atoms with Crippen molar-refractivity contribution in [3.8, 4) is 5.88 Å². The molecule has 0 saturated heterocycles. The number of nitrogens with zero attached hydrogens (tertiary/aromatic N) is 1. The molecule has 0 aliphatic carbocycles. The topological polar surface area (TPSA) is 60.2 Å². The second-order valence-electron chi connectivity index (χ2n) is 3.55. The Morgan fingerprint density at radius 2 is 2.21 bits per heavy atom. The van der Waals surface area contributed by atoms with Crippen LogP contribution in [0.1, 0.15) is 13.8 Å². The Bertz CT molecular complexity index is 299. The van der Waals surface area contributed by atoms with Crippen molar-refractivity contribution in [2.75, 3.05) is 24.7 Å². The molecule has 0 fully saturated rings. The van der Waals surface area contributed by atoms with E-state index in [9.17, 15) is 0 Å². The Hall–Kier alpha value is -1.45. The quantitative estimate of drug-likeness (QED) is 0.768. The van der Waals surface area contributed by atoms with Gasteiger partial charge in [0.1, 0.15) is 5.82 Å². The minimum Gasteiger partial charge on any atom is -0.476 e. The van der Waals surface area contributed by atoms with Crippen molar-refractivity contribution < 1.29 is 4.74 Å². The molecule has 4 nitrogen and oxygen atoms in total. The monoisotopic (exact) mass is 195 g/mol. The molecule has 0 aliphatic rings. The van der Waals surface area contributed by atoms with Crippen LogP contribution in [0.4, 0.5) is 11.5 Å². The van der Waals surface area contributed by atoms with E-state index in [1.807, 2.05) is 13.1 Å². The van der Waals surface area contributed by atoms with Crippen LogP contribution in [0.5, 0.6) is 5.88 Å². The Labute approximate surface area is 84.5 Å². The van der Waals surface area contributed by atoms with Gasteiger partial charge in [0.25, 0.3) is 0 Å². The van der Waals surface area contributed by atoms with Crippen molar-refractivity contribution in [3.05, 3.63) is 12.1 Å². The van der Waals surface area contributed by atoms with Gasteiger partial charge in [0.15, 0.2) is 0 Å². The number of pyridine rings is 1. The molecule has 0 aliphatic heterocycles. The molecule has 0 amide bonds. The molecule has 0 bridgehead atoms. The van der Waals surface area contributed by atoms with Crippen molar-refractivity contribution in [2.24, 2.45) is 5.92 Å². The van der Waals surface area contributed by atoms with Gasteiger partial charge < -0.3 is 15.8 Å². The first-order valence-corrected chi connectivity index (χ1v) is 4.70. The number of nitrogens with two attached hydrogens (primary N) is 1. The van der Waals surface area contributed by atoms with E-state index in [0.717, 1.165) is 5.82 Å². The third-order valence-electron chi connectivity index (χ3n) is 1.70. The molecule has 14 heavy (non-hydrogen) atoms. The van der Waals surface area contributed by atoms with E-state index in [1.165, 1.54) is 0 Å². The molecule has 1 aromatic rings. The van der Waals surface area contributed by atoms with Gasteiger partial charge >= 0.3 is 0 Å². The summed E-state index contributed by atoms with van der Waals surface area (Å²) in [5, 5.41) is 2.94. The summed E-state index contributed by atoms with van der Waals surface area (Å²) in [4.78, 5) is 4.20. The van der Waals surface area contributed by atoms with Crippen LogP contribution in [0.3, 0.4) is 0 Å². The molecular weight excluding hydrogens is 178 g/mol. The van der Waals surface area contributed by atoms with Gasteiger partial charge in [-0.05, 0) is 18.1 Å². The second-order valence-corrected chi connectivity index (χ2v) is 3.55. The summed E-state index contributed by atoms with van der Waals surface area (Å²) in [6.45, 7) is 4.79. The summed E-state index contributed by atoms with van der Waals surface area (Å²) in [6.07, 6.45) is 0. The highest BCUT2D eigenvalue weighted by Gasteiger charge is 2.04. The van der Waals surface area contributed by atoms with Crippen LogP contribution >= 0.6 is 0 Å². The lowest BCUT2D eigenvalue weighted by Gasteiger charge is -2.10. The van der Waals surface area contributed by atoms with Crippen molar-refractivity contribution >= 4 is 11.5 Å². The molecule has 0 radical (unpaired) electrons. The number of nitrogen functional groups attached to an aromatic ring is 1. The fourth-order valence-corrected chi connectivity index (χ4v) is 0.952. The molecule has 1 heterocycles. The van der Waals surface area contributed by atoms with Gasteiger partial charge in [-0.3, -0.25) is 0 Å². The highest BCUT2D eigenvalue weighted by atomic mass is 16.5. The van der Waals surface area contributed by atoms with Crippen LogP contribution in [0, 0.1) is 5.92 Å². The van der Waals surface area contributed by atoms with E-state index < -0.39 is 0 Å². The fourth-order valence-electron chi connectivity index (χ4n) is 0.952. The normalized spacial score (nSPS) is 10.3. The summed E-state index contributed by atoms with van der Waals surface area (Å²) in [6, 6.07) is 3.60. The van der Waals surface area contributed by atoms with Gasteiger partial charge in [-0.2, -0.15) is 4.98 Å². The maximum atomic E-state index is 5.72. The Balaban J connectivity index is 2.73. The lowest BCUT2D eigenvalue weighted by molar-refractivity contribution is 0.263. The number of nitrogens with one attached hydrogen (secondary N) is 1.